The summed E-state index contributed by atoms with van der Waals surface area (Å²) < 4.78 is 27.7. The molecule has 1 atom stereocenters. The van der Waals surface area contributed by atoms with E-state index in [1.165, 1.54) is 24.3 Å². The van der Waals surface area contributed by atoms with Crippen LogP contribution < -0.4 is 5.32 Å². The first kappa shape index (κ1) is 15.4. The summed E-state index contributed by atoms with van der Waals surface area (Å²) in [5, 5.41) is 3.55. The molecule has 1 unspecified atom stereocenters. The van der Waals surface area contributed by atoms with Gasteiger partial charge in [0.15, 0.2) is 0 Å². The molecule has 0 aliphatic heterocycles. The van der Waals surface area contributed by atoms with Crippen LogP contribution in [0, 0.1) is 11.6 Å². The van der Waals surface area contributed by atoms with Crippen LogP contribution in [-0.4, -0.2) is 7.05 Å². The zero-order chi connectivity index (χ0) is 14.7. The molecule has 1 N–H and O–H groups in total. The van der Waals surface area contributed by atoms with Crippen molar-refractivity contribution < 1.29 is 8.78 Å². The Morgan fingerprint density at radius 3 is 2.60 bits per heavy atom. The topological polar surface area (TPSA) is 12.0 Å². The van der Waals surface area contributed by atoms with E-state index < -0.39 is 0 Å². The van der Waals surface area contributed by atoms with Crippen molar-refractivity contribution in [2.45, 2.75) is 12.5 Å². The second-order valence-electron chi connectivity index (χ2n) is 4.45. The first-order valence-corrected chi connectivity index (χ1v) is 7.24. The van der Waals surface area contributed by atoms with Gasteiger partial charge in [-0.2, -0.15) is 0 Å². The maximum atomic E-state index is 13.9. The Morgan fingerprint density at radius 1 is 1.20 bits per heavy atom. The molecule has 0 radical (unpaired) electrons. The standard InChI is InChI=1S/C15H13BrClF2N/c1-20-15(12-7-10(17)3-5-14(12)19)6-9-2-4-11(18)8-13(9)16/h2-5,7-8,15,20H,6H2,1H3. The predicted molar refractivity (Wildman–Crippen MR) is 81.0 cm³/mol. The number of likely N-dealkylation sites (N-methyl/N-ethyl adjacent to an activating group) is 1. The zero-order valence-corrected chi connectivity index (χ0v) is 13.1. The molecule has 0 aromatic heterocycles. The lowest BCUT2D eigenvalue weighted by Gasteiger charge is -2.18. The molecule has 106 valence electrons. The monoisotopic (exact) mass is 359 g/mol. The second kappa shape index (κ2) is 6.66. The molecule has 0 heterocycles. The summed E-state index contributed by atoms with van der Waals surface area (Å²) in [5.74, 6) is -0.623. The third-order valence-electron chi connectivity index (χ3n) is 3.12. The highest BCUT2D eigenvalue weighted by Crippen LogP contribution is 2.27. The van der Waals surface area contributed by atoms with Crippen LogP contribution in [0.15, 0.2) is 40.9 Å². The minimum Gasteiger partial charge on any atom is -0.313 e. The first-order chi connectivity index (χ1) is 9.51. The van der Waals surface area contributed by atoms with Gasteiger partial charge in [0.25, 0.3) is 0 Å². The van der Waals surface area contributed by atoms with E-state index in [2.05, 4.69) is 21.2 Å². The van der Waals surface area contributed by atoms with Gasteiger partial charge in [0.05, 0.1) is 0 Å². The lowest BCUT2D eigenvalue weighted by atomic mass is 9.98. The summed E-state index contributed by atoms with van der Waals surface area (Å²) in [6, 6.07) is 8.71. The molecular weight excluding hydrogens is 348 g/mol. The normalized spacial score (nSPS) is 12.4. The van der Waals surface area contributed by atoms with E-state index in [-0.39, 0.29) is 17.7 Å². The first-order valence-electron chi connectivity index (χ1n) is 6.07. The smallest absolute Gasteiger partial charge is 0.128 e. The van der Waals surface area contributed by atoms with Gasteiger partial charge in [-0.1, -0.05) is 33.6 Å². The third kappa shape index (κ3) is 3.57. The third-order valence-corrected chi connectivity index (χ3v) is 4.09. The van der Waals surface area contributed by atoms with Crippen molar-refractivity contribution >= 4 is 27.5 Å². The van der Waals surface area contributed by atoms with E-state index in [4.69, 9.17) is 11.6 Å². The van der Waals surface area contributed by atoms with Crippen molar-refractivity contribution in [2.75, 3.05) is 7.05 Å². The van der Waals surface area contributed by atoms with Crippen LogP contribution in [0.25, 0.3) is 0 Å². The Morgan fingerprint density at radius 2 is 1.95 bits per heavy atom. The fourth-order valence-electron chi connectivity index (χ4n) is 2.06. The molecule has 20 heavy (non-hydrogen) atoms. The number of benzene rings is 2. The number of rotatable bonds is 4. The van der Waals surface area contributed by atoms with Crippen molar-refractivity contribution in [3.8, 4) is 0 Å². The van der Waals surface area contributed by atoms with E-state index >= 15 is 0 Å². The molecule has 2 aromatic rings. The predicted octanol–water partition coefficient (Wildman–Crippen LogP) is 4.88. The van der Waals surface area contributed by atoms with Gasteiger partial charge in [-0.05, 0) is 49.4 Å². The highest BCUT2D eigenvalue weighted by atomic mass is 79.9. The lowest BCUT2D eigenvalue weighted by molar-refractivity contribution is 0.533. The molecule has 5 heteroatoms. The van der Waals surface area contributed by atoms with E-state index in [0.717, 1.165) is 5.56 Å². The van der Waals surface area contributed by atoms with Crippen LogP contribution in [0.2, 0.25) is 5.02 Å². The quantitative estimate of drug-likeness (QED) is 0.819. The number of hydrogen-bond donors (Lipinski definition) is 1. The van der Waals surface area contributed by atoms with Crippen LogP contribution in [0.4, 0.5) is 8.78 Å². The number of nitrogens with one attached hydrogen (secondary N) is 1. The molecule has 0 spiro atoms. The summed E-state index contributed by atoms with van der Waals surface area (Å²) in [4.78, 5) is 0. The summed E-state index contributed by atoms with van der Waals surface area (Å²) in [5.41, 5.74) is 1.39. The van der Waals surface area contributed by atoms with E-state index in [1.54, 1.807) is 19.2 Å². The molecule has 0 fully saturated rings. The van der Waals surface area contributed by atoms with Crippen molar-refractivity contribution in [1.29, 1.82) is 0 Å². The number of hydrogen-bond acceptors (Lipinski definition) is 1. The van der Waals surface area contributed by atoms with Gasteiger partial charge in [-0.3, -0.25) is 0 Å². The van der Waals surface area contributed by atoms with E-state index in [0.29, 0.717) is 21.5 Å². The largest absolute Gasteiger partial charge is 0.313 e. The Kier molecular flexibility index (Phi) is 5.13. The molecule has 0 saturated heterocycles. The molecule has 0 amide bonds. The molecule has 0 aliphatic carbocycles. The molecule has 1 nitrogen and oxygen atoms in total. The summed E-state index contributed by atoms with van der Waals surface area (Å²) >= 11 is 9.24. The van der Waals surface area contributed by atoms with Gasteiger partial charge in [-0.15, -0.1) is 0 Å². The zero-order valence-electron chi connectivity index (χ0n) is 10.8. The van der Waals surface area contributed by atoms with Gasteiger partial charge in [-0.25, -0.2) is 8.78 Å². The van der Waals surface area contributed by atoms with Gasteiger partial charge < -0.3 is 5.32 Å². The molecule has 0 bridgehead atoms. The van der Waals surface area contributed by atoms with Crippen LogP contribution in [-0.2, 0) is 6.42 Å². The fraction of sp³-hybridized carbons (Fsp3) is 0.200. The van der Waals surface area contributed by atoms with Crippen LogP contribution in [0.1, 0.15) is 17.2 Å². The maximum Gasteiger partial charge on any atom is 0.128 e. The molecule has 2 rings (SSSR count). The Labute approximate surface area is 130 Å². The van der Waals surface area contributed by atoms with Crippen molar-refractivity contribution in [2.24, 2.45) is 0 Å². The number of halogens is 4. The van der Waals surface area contributed by atoms with Gasteiger partial charge in [0, 0.05) is 21.1 Å². The summed E-state index contributed by atoms with van der Waals surface area (Å²) in [6.07, 6.45) is 0.522. The molecule has 2 aromatic carbocycles. The SMILES string of the molecule is CNC(Cc1ccc(F)cc1Br)c1cc(Cl)ccc1F. The second-order valence-corrected chi connectivity index (χ2v) is 5.74. The van der Waals surface area contributed by atoms with Crippen LogP contribution in [0.3, 0.4) is 0 Å². The van der Waals surface area contributed by atoms with Gasteiger partial charge in [0.2, 0.25) is 0 Å². The van der Waals surface area contributed by atoms with Crippen molar-refractivity contribution in [1.82, 2.24) is 5.32 Å². The van der Waals surface area contributed by atoms with E-state index in [1.807, 2.05) is 0 Å². The van der Waals surface area contributed by atoms with Gasteiger partial charge >= 0.3 is 0 Å². The van der Waals surface area contributed by atoms with E-state index in [9.17, 15) is 8.78 Å². The molecule has 0 aliphatic rings. The van der Waals surface area contributed by atoms with Crippen LogP contribution in [0.5, 0.6) is 0 Å². The highest BCUT2D eigenvalue weighted by Gasteiger charge is 2.16. The average Bonchev–Trinajstić information content (AvgIpc) is 2.41. The fourth-order valence-corrected chi connectivity index (χ4v) is 2.75. The summed E-state index contributed by atoms with van der Waals surface area (Å²) in [7, 11) is 1.75. The van der Waals surface area contributed by atoms with Crippen LogP contribution >= 0.6 is 27.5 Å². The van der Waals surface area contributed by atoms with Crippen molar-refractivity contribution in [3.05, 3.63) is 68.7 Å². The minimum absolute atomic E-state index is 0.240. The average molecular weight is 361 g/mol. The molecular formula is C15H13BrClF2N. The van der Waals surface area contributed by atoms with Crippen molar-refractivity contribution in [3.63, 3.8) is 0 Å². The molecule has 0 saturated carbocycles. The Bertz CT molecular complexity index is 619. The highest BCUT2D eigenvalue weighted by molar-refractivity contribution is 9.10. The lowest BCUT2D eigenvalue weighted by Crippen LogP contribution is -2.20. The Hall–Kier alpha value is -0.970. The summed E-state index contributed by atoms with van der Waals surface area (Å²) in [6.45, 7) is 0. The minimum atomic E-state index is -0.313. The van der Waals surface area contributed by atoms with Gasteiger partial charge in [0.1, 0.15) is 11.6 Å². The Balaban J connectivity index is 2.31. The maximum absolute atomic E-state index is 13.9.